The Balaban J connectivity index is 2.64. The molecule has 0 aromatic carbocycles. The summed E-state index contributed by atoms with van der Waals surface area (Å²) in [6.45, 7) is 6.35. The van der Waals surface area contributed by atoms with Gasteiger partial charge in [-0.15, -0.1) is 11.3 Å². The van der Waals surface area contributed by atoms with Gasteiger partial charge >= 0.3 is 5.97 Å². The van der Waals surface area contributed by atoms with Gasteiger partial charge in [-0.25, -0.2) is 9.78 Å². The molecule has 0 spiro atoms. The van der Waals surface area contributed by atoms with E-state index >= 15 is 0 Å². The minimum absolute atomic E-state index is 0.335. The van der Waals surface area contributed by atoms with Gasteiger partial charge in [0.15, 0.2) is 10.8 Å². The number of ether oxygens (including phenoxy) is 1. The van der Waals surface area contributed by atoms with E-state index < -0.39 is 5.97 Å². The van der Waals surface area contributed by atoms with Gasteiger partial charge in [0.2, 0.25) is 0 Å². The van der Waals surface area contributed by atoms with Crippen molar-refractivity contribution in [3.05, 3.63) is 11.1 Å². The zero-order valence-corrected chi connectivity index (χ0v) is 10.2. The lowest BCUT2D eigenvalue weighted by Crippen LogP contribution is -2.21. The van der Waals surface area contributed by atoms with E-state index in [0.29, 0.717) is 17.7 Å². The molecule has 0 bridgehead atoms. The van der Waals surface area contributed by atoms with E-state index in [9.17, 15) is 4.79 Å². The number of carbonyl (C=O) groups is 1. The third-order valence-corrected chi connectivity index (χ3v) is 3.02. The molecule has 1 heterocycles. The molecule has 0 radical (unpaired) electrons. The Morgan fingerprint density at radius 2 is 2.20 bits per heavy atom. The largest absolute Gasteiger partial charge is 0.464 e. The van der Waals surface area contributed by atoms with Gasteiger partial charge in [0.05, 0.1) is 7.11 Å². The second-order valence-corrected chi connectivity index (χ2v) is 4.56. The van der Waals surface area contributed by atoms with Gasteiger partial charge in [-0.2, -0.15) is 0 Å². The van der Waals surface area contributed by atoms with E-state index in [1.165, 1.54) is 18.4 Å². The van der Waals surface area contributed by atoms with Gasteiger partial charge in [-0.05, 0) is 12.8 Å². The van der Waals surface area contributed by atoms with Crippen LogP contribution in [0.25, 0.3) is 0 Å². The minimum Gasteiger partial charge on any atom is -0.464 e. The van der Waals surface area contributed by atoms with Gasteiger partial charge in [-0.1, -0.05) is 13.8 Å². The molecule has 1 N–H and O–H groups in total. The van der Waals surface area contributed by atoms with Crippen LogP contribution in [-0.4, -0.2) is 24.1 Å². The number of hydrogen-bond acceptors (Lipinski definition) is 5. The molecule has 0 fully saturated rings. The molecule has 0 aliphatic heterocycles. The first-order valence-electron chi connectivity index (χ1n) is 4.85. The standard InChI is InChI=1S/C10H16N2O2S/c1-6(2)7(3)11-10-12-8(5-15-10)9(13)14-4/h5-7H,1-4H3,(H,11,12). The molecule has 84 valence electrons. The first kappa shape index (κ1) is 12.0. The maximum atomic E-state index is 11.1. The Morgan fingerprint density at radius 1 is 1.53 bits per heavy atom. The number of hydrogen-bond donors (Lipinski definition) is 1. The summed E-state index contributed by atoms with van der Waals surface area (Å²) < 4.78 is 4.58. The van der Waals surface area contributed by atoms with Crippen LogP contribution in [0.2, 0.25) is 0 Å². The van der Waals surface area contributed by atoms with Crippen molar-refractivity contribution in [2.75, 3.05) is 12.4 Å². The van der Waals surface area contributed by atoms with E-state index in [1.54, 1.807) is 5.38 Å². The summed E-state index contributed by atoms with van der Waals surface area (Å²) >= 11 is 1.42. The average Bonchev–Trinajstić information content (AvgIpc) is 2.65. The molecule has 1 aromatic rings. The summed E-state index contributed by atoms with van der Waals surface area (Å²) in [5, 5.41) is 5.70. The summed E-state index contributed by atoms with van der Waals surface area (Å²) in [5.74, 6) is 0.131. The molecule has 1 atom stereocenters. The number of thiazole rings is 1. The molecule has 0 saturated carbocycles. The van der Waals surface area contributed by atoms with Crippen LogP contribution in [-0.2, 0) is 4.74 Å². The van der Waals surface area contributed by atoms with Crippen molar-refractivity contribution < 1.29 is 9.53 Å². The third-order valence-electron chi connectivity index (χ3n) is 2.25. The topological polar surface area (TPSA) is 51.2 Å². The summed E-state index contributed by atoms with van der Waals surface area (Å²) in [6.07, 6.45) is 0. The maximum absolute atomic E-state index is 11.1. The molecule has 1 aromatic heterocycles. The molecule has 15 heavy (non-hydrogen) atoms. The van der Waals surface area contributed by atoms with Crippen LogP contribution in [0.4, 0.5) is 5.13 Å². The average molecular weight is 228 g/mol. The number of nitrogens with one attached hydrogen (secondary N) is 1. The van der Waals surface area contributed by atoms with E-state index in [-0.39, 0.29) is 0 Å². The Bertz CT molecular complexity index is 336. The summed E-state index contributed by atoms with van der Waals surface area (Å²) in [6, 6.07) is 0.335. The van der Waals surface area contributed by atoms with Gasteiger partial charge in [0.1, 0.15) is 0 Å². The molecule has 0 saturated heterocycles. The predicted molar refractivity (Wildman–Crippen MR) is 61.4 cm³/mol. The normalized spacial score (nSPS) is 12.6. The zero-order chi connectivity index (χ0) is 11.4. The van der Waals surface area contributed by atoms with Crippen LogP contribution in [0.15, 0.2) is 5.38 Å². The molecule has 0 amide bonds. The quantitative estimate of drug-likeness (QED) is 0.804. The van der Waals surface area contributed by atoms with Crippen molar-refractivity contribution in [2.45, 2.75) is 26.8 Å². The van der Waals surface area contributed by atoms with E-state index in [4.69, 9.17) is 0 Å². The van der Waals surface area contributed by atoms with E-state index in [2.05, 4.69) is 35.8 Å². The Labute approximate surface area is 93.7 Å². The number of rotatable bonds is 4. The van der Waals surface area contributed by atoms with Crippen molar-refractivity contribution >= 4 is 22.4 Å². The zero-order valence-electron chi connectivity index (χ0n) is 9.40. The number of carbonyl (C=O) groups excluding carboxylic acids is 1. The van der Waals surface area contributed by atoms with Gasteiger partial charge in [0, 0.05) is 11.4 Å². The summed E-state index contributed by atoms with van der Waals surface area (Å²) in [4.78, 5) is 15.3. The number of esters is 1. The number of anilines is 1. The highest BCUT2D eigenvalue weighted by Gasteiger charge is 2.13. The fraction of sp³-hybridized carbons (Fsp3) is 0.600. The molecule has 0 aliphatic carbocycles. The van der Waals surface area contributed by atoms with Gasteiger partial charge in [0.25, 0.3) is 0 Å². The second-order valence-electron chi connectivity index (χ2n) is 3.71. The summed E-state index contributed by atoms with van der Waals surface area (Å²) in [5.41, 5.74) is 0.362. The van der Waals surface area contributed by atoms with Crippen molar-refractivity contribution in [1.82, 2.24) is 4.98 Å². The molecular weight excluding hydrogens is 212 g/mol. The van der Waals surface area contributed by atoms with Gasteiger partial charge in [-0.3, -0.25) is 0 Å². The van der Waals surface area contributed by atoms with E-state index in [0.717, 1.165) is 5.13 Å². The minimum atomic E-state index is -0.392. The van der Waals surface area contributed by atoms with Crippen molar-refractivity contribution in [1.29, 1.82) is 0 Å². The summed E-state index contributed by atoms with van der Waals surface area (Å²) in [7, 11) is 1.35. The van der Waals surface area contributed by atoms with Crippen LogP contribution < -0.4 is 5.32 Å². The highest BCUT2D eigenvalue weighted by atomic mass is 32.1. The lowest BCUT2D eigenvalue weighted by Gasteiger charge is -2.16. The van der Waals surface area contributed by atoms with Crippen molar-refractivity contribution in [3.8, 4) is 0 Å². The third kappa shape index (κ3) is 3.20. The van der Waals surface area contributed by atoms with Crippen molar-refractivity contribution in [3.63, 3.8) is 0 Å². The smallest absolute Gasteiger partial charge is 0.357 e. The van der Waals surface area contributed by atoms with Crippen LogP contribution in [0.3, 0.4) is 0 Å². The Kier molecular flexibility index (Phi) is 4.08. The number of aromatic nitrogens is 1. The molecule has 1 rings (SSSR count). The van der Waals surface area contributed by atoms with Crippen LogP contribution in [0.1, 0.15) is 31.3 Å². The van der Waals surface area contributed by atoms with Crippen LogP contribution in [0, 0.1) is 5.92 Å². The lowest BCUT2D eigenvalue weighted by atomic mass is 10.1. The van der Waals surface area contributed by atoms with Crippen molar-refractivity contribution in [2.24, 2.45) is 5.92 Å². The highest BCUT2D eigenvalue weighted by molar-refractivity contribution is 7.13. The predicted octanol–water partition coefficient (Wildman–Crippen LogP) is 2.39. The Hall–Kier alpha value is -1.10. The first-order chi connectivity index (χ1) is 7.04. The van der Waals surface area contributed by atoms with Gasteiger partial charge < -0.3 is 10.1 Å². The molecule has 0 aliphatic rings. The monoisotopic (exact) mass is 228 g/mol. The molecule has 4 nitrogen and oxygen atoms in total. The molecule has 5 heteroatoms. The van der Waals surface area contributed by atoms with Crippen LogP contribution in [0.5, 0.6) is 0 Å². The SMILES string of the molecule is COC(=O)c1csc(NC(C)C(C)C)n1. The maximum Gasteiger partial charge on any atom is 0.357 e. The van der Waals surface area contributed by atoms with Crippen LogP contribution >= 0.6 is 11.3 Å². The first-order valence-corrected chi connectivity index (χ1v) is 5.73. The second kappa shape index (κ2) is 5.11. The fourth-order valence-corrected chi connectivity index (χ4v) is 1.68. The number of methoxy groups -OCH3 is 1. The highest BCUT2D eigenvalue weighted by Crippen LogP contribution is 2.18. The lowest BCUT2D eigenvalue weighted by molar-refractivity contribution is 0.0595. The molecule has 1 unspecified atom stereocenters. The fourth-order valence-electron chi connectivity index (χ4n) is 0.900. The Morgan fingerprint density at radius 3 is 2.73 bits per heavy atom. The number of nitrogens with zero attached hydrogens (tertiary/aromatic N) is 1. The van der Waals surface area contributed by atoms with E-state index in [1.807, 2.05) is 0 Å². The molecular formula is C10H16N2O2S.